The van der Waals surface area contributed by atoms with Crippen LogP contribution in [0.25, 0.3) is 0 Å². The Balaban J connectivity index is 2.15. The van der Waals surface area contributed by atoms with Crippen LogP contribution in [0.5, 0.6) is 5.75 Å². The second kappa shape index (κ2) is 6.55. The summed E-state index contributed by atoms with van der Waals surface area (Å²) in [5.41, 5.74) is 7.41. The van der Waals surface area contributed by atoms with Gasteiger partial charge in [0.15, 0.2) is 0 Å². The van der Waals surface area contributed by atoms with Crippen LogP contribution in [0.2, 0.25) is 0 Å². The van der Waals surface area contributed by atoms with Crippen molar-refractivity contribution in [2.24, 2.45) is 5.73 Å². The molecule has 0 saturated carbocycles. The first-order valence-electron chi connectivity index (χ1n) is 6.85. The summed E-state index contributed by atoms with van der Waals surface area (Å²) < 4.78 is 5.85. The van der Waals surface area contributed by atoms with Crippen molar-refractivity contribution in [3.8, 4) is 5.75 Å². The second-order valence-electron chi connectivity index (χ2n) is 4.93. The highest BCUT2D eigenvalue weighted by Gasteiger charge is 2.27. The molecule has 0 heterocycles. The second-order valence-corrected chi connectivity index (χ2v) is 4.93. The van der Waals surface area contributed by atoms with E-state index in [4.69, 9.17) is 10.5 Å². The van der Waals surface area contributed by atoms with Gasteiger partial charge in [-0.25, -0.2) is 0 Å². The van der Waals surface area contributed by atoms with Gasteiger partial charge in [0, 0.05) is 0 Å². The van der Waals surface area contributed by atoms with Gasteiger partial charge in [0.1, 0.15) is 12.4 Å². The third-order valence-electron chi connectivity index (χ3n) is 3.47. The summed E-state index contributed by atoms with van der Waals surface area (Å²) in [6.45, 7) is 2.16. The van der Waals surface area contributed by atoms with Gasteiger partial charge in [0.25, 0.3) is 0 Å². The first kappa shape index (κ1) is 14.6. The van der Waals surface area contributed by atoms with Crippen LogP contribution < -0.4 is 10.5 Å². The summed E-state index contributed by atoms with van der Waals surface area (Å²) in [5.74, 6) is 0.828. The average molecular weight is 271 g/mol. The molecule has 1 atom stereocenters. The fourth-order valence-corrected chi connectivity index (χ4v) is 2.13. The lowest BCUT2D eigenvalue weighted by Gasteiger charge is -2.28. The highest BCUT2D eigenvalue weighted by molar-refractivity contribution is 5.33. The maximum Gasteiger partial charge on any atom is 0.122 e. The zero-order valence-electron chi connectivity index (χ0n) is 11.8. The molecule has 0 saturated heterocycles. The molecular weight excluding hydrogens is 250 g/mol. The zero-order chi connectivity index (χ0) is 14.4. The number of aryl methyl sites for hydroxylation is 1. The number of benzene rings is 2. The smallest absolute Gasteiger partial charge is 0.122 e. The number of ether oxygens (including phenoxy) is 1. The third kappa shape index (κ3) is 3.18. The highest BCUT2D eigenvalue weighted by atomic mass is 16.5. The SMILES string of the molecule is CCc1ccccc1OCC(N)(CO)c1ccccc1. The first-order chi connectivity index (χ1) is 9.69. The molecule has 3 heteroatoms. The van der Waals surface area contributed by atoms with Gasteiger partial charge in [-0.2, -0.15) is 0 Å². The van der Waals surface area contributed by atoms with E-state index in [0.29, 0.717) is 0 Å². The van der Waals surface area contributed by atoms with Gasteiger partial charge in [-0.05, 0) is 23.6 Å². The van der Waals surface area contributed by atoms with E-state index in [1.54, 1.807) is 0 Å². The number of hydrogen-bond acceptors (Lipinski definition) is 3. The van der Waals surface area contributed by atoms with Crippen molar-refractivity contribution in [1.29, 1.82) is 0 Å². The van der Waals surface area contributed by atoms with Crippen LogP contribution in [0.3, 0.4) is 0 Å². The van der Waals surface area contributed by atoms with Gasteiger partial charge in [-0.15, -0.1) is 0 Å². The molecule has 0 radical (unpaired) electrons. The van der Waals surface area contributed by atoms with Gasteiger partial charge in [0.2, 0.25) is 0 Å². The number of aliphatic hydroxyl groups is 1. The van der Waals surface area contributed by atoms with Crippen LogP contribution >= 0.6 is 0 Å². The monoisotopic (exact) mass is 271 g/mol. The predicted molar refractivity (Wildman–Crippen MR) is 80.7 cm³/mol. The minimum absolute atomic E-state index is 0.161. The van der Waals surface area contributed by atoms with Crippen molar-refractivity contribution in [3.63, 3.8) is 0 Å². The Hall–Kier alpha value is -1.84. The molecular formula is C17H21NO2. The maximum atomic E-state index is 9.64. The summed E-state index contributed by atoms with van der Waals surface area (Å²) in [6.07, 6.45) is 0.901. The van der Waals surface area contributed by atoms with E-state index in [1.165, 1.54) is 0 Å². The molecule has 0 spiro atoms. The summed E-state index contributed by atoms with van der Waals surface area (Å²) >= 11 is 0. The van der Waals surface area contributed by atoms with E-state index < -0.39 is 5.54 Å². The van der Waals surface area contributed by atoms with Crippen molar-refractivity contribution in [2.75, 3.05) is 13.2 Å². The van der Waals surface area contributed by atoms with E-state index in [2.05, 4.69) is 6.92 Å². The van der Waals surface area contributed by atoms with Gasteiger partial charge < -0.3 is 15.6 Å². The van der Waals surface area contributed by atoms with Gasteiger partial charge in [0.05, 0.1) is 12.1 Å². The molecule has 0 bridgehead atoms. The lowest BCUT2D eigenvalue weighted by molar-refractivity contribution is 0.132. The average Bonchev–Trinajstić information content (AvgIpc) is 2.53. The van der Waals surface area contributed by atoms with E-state index >= 15 is 0 Å². The van der Waals surface area contributed by atoms with E-state index in [-0.39, 0.29) is 13.2 Å². The van der Waals surface area contributed by atoms with Gasteiger partial charge >= 0.3 is 0 Å². The Morgan fingerprint density at radius 1 is 1.05 bits per heavy atom. The molecule has 0 aliphatic carbocycles. The lowest BCUT2D eigenvalue weighted by atomic mass is 9.93. The molecule has 2 aromatic carbocycles. The summed E-state index contributed by atoms with van der Waals surface area (Å²) in [5, 5.41) is 9.64. The minimum Gasteiger partial charge on any atom is -0.491 e. The largest absolute Gasteiger partial charge is 0.491 e. The van der Waals surface area contributed by atoms with Crippen molar-refractivity contribution in [3.05, 3.63) is 65.7 Å². The van der Waals surface area contributed by atoms with Crippen LogP contribution in [0.4, 0.5) is 0 Å². The number of hydrogen-bond donors (Lipinski definition) is 2. The van der Waals surface area contributed by atoms with Gasteiger partial charge in [-0.3, -0.25) is 0 Å². The topological polar surface area (TPSA) is 55.5 Å². The molecule has 0 aliphatic rings. The summed E-state index contributed by atoms with van der Waals surface area (Å²) in [4.78, 5) is 0. The fourth-order valence-electron chi connectivity index (χ4n) is 2.13. The standard InChI is InChI=1S/C17H21NO2/c1-2-14-8-6-7-11-16(14)20-13-17(18,12-19)15-9-4-3-5-10-15/h3-11,19H,2,12-13,18H2,1H3. The van der Waals surface area contributed by atoms with Gasteiger partial charge in [-0.1, -0.05) is 55.5 Å². The number of aliphatic hydroxyl groups excluding tert-OH is 1. The number of rotatable bonds is 6. The zero-order valence-corrected chi connectivity index (χ0v) is 11.8. The molecule has 2 rings (SSSR count). The van der Waals surface area contributed by atoms with E-state index in [9.17, 15) is 5.11 Å². The molecule has 0 amide bonds. The Morgan fingerprint density at radius 2 is 1.70 bits per heavy atom. The van der Waals surface area contributed by atoms with Crippen molar-refractivity contribution >= 4 is 0 Å². The van der Waals surface area contributed by atoms with Crippen LogP contribution in [0.1, 0.15) is 18.1 Å². The van der Waals surface area contributed by atoms with E-state index in [0.717, 1.165) is 23.3 Å². The van der Waals surface area contributed by atoms with Crippen LogP contribution in [-0.4, -0.2) is 18.3 Å². The molecule has 0 fully saturated rings. The Kier molecular flexibility index (Phi) is 4.77. The van der Waals surface area contributed by atoms with Crippen molar-refractivity contribution < 1.29 is 9.84 Å². The highest BCUT2D eigenvalue weighted by Crippen LogP contribution is 2.23. The van der Waals surface area contributed by atoms with Crippen LogP contribution in [0, 0.1) is 0 Å². The van der Waals surface area contributed by atoms with Crippen molar-refractivity contribution in [1.82, 2.24) is 0 Å². The first-order valence-corrected chi connectivity index (χ1v) is 6.85. The molecule has 2 aromatic rings. The third-order valence-corrected chi connectivity index (χ3v) is 3.47. The number of nitrogens with two attached hydrogens (primary N) is 1. The Labute approximate surface area is 120 Å². The normalized spacial score (nSPS) is 13.8. The lowest BCUT2D eigenvalue weighted by Crippen LogP contribution is -2.46. The molecule has 1 unspecified atom stereocenters. The van der Waals surface area contributed by atoms with E-state index in [1.807, 2.05) is 54.6 Å². The quantitative estimate of drug-likeness (QED) is 0.848. The fraction of sp³-hybridized carbons (Fsp3) is 0.294. The molecule has 106 valence electrons. The number of para-hydroxylation sites is 1. The molecule has 0 aliphatic heterocycles. The summed E-state index contributed by atoms with van der Waals surface area (Å²) in [6, 6.07) is 17.5. The predicted octanol–water partition coefficient (Wildman–Crippen LogP) is 2.47. The van der Waals surface area contributed by atoms with Crippen molar-refractivity contribution in [2.45, 2.75) is 18.9 Å². The Morgan fingerprint density at radius 3 is 2.35 bits per heavy atom. The molecule has 20 heavy (non-hydrogen) atoms. The summed E-state index contributed by atoms with van der Waals surface area (Å²) in [7, 11) is 0. The maximum absolute atomic E-state index is 9.64. The minimum atomic E-state index is -0.887. The molecule has 3 nitrogen and oxygen atoms in total. The molecule has 3 N–H and O–H groups in total. The van der Waals surface area contributed by atoms with Crippen LogP contribution in [0.15, 0.2) is 54.6 Å². The Bertz CT molecular complexity index is 542. The molecule has 0 aromatic heterocycles. The van der Waals surface area contributed by atoms with Crippen LogP contribution in [-0.2, 0) is 12.0 Å².